The number of aromatic nitrogens is 2. The van der Waals surface area contributed by atoms with Crippen molar-refractivity contribution in [3.63, 3.8) is 0 Å². The lowest BCUT2D eigenvalue weighted by atomic mass is 10.2. The molecule has 1 aromatic heterocycles. The van der Waals surface area contributed by atoms with E-state index in [-0.39, 0.29) is 39.3 Å². The number of para-hydroxylation sites is 2. The van der Waals surface area contributed by atoms with E-state index in [1.807, 2.05) is 6.07 Å². The molecule has 0 saturated heterocycles. The number of nitriles is 1. The molecule has 0 amide bonds. The van der Waals surface area contributed by atoms with E-state index in [0.29, 0.717) is 11.0 Å². The van der Waals surface area contributed by atoms with Gasteiger partial charge in [0.1, 0.15) is 11.5 Å². The second-order valence-corrected chi connectivity index (χ2v) is 8.20. The van der Waals surface area contributed by atoms with Gasteiger partial charge in [0.15, 0.2) is 11.6 Å². The summed E-state index contributed by atoms with van der Waals surface area (Å²) in [5, 5.41) is 31.4. The summed E-state index contributed by atoms with van der Waals surface area (Å²) < 4.78 is 28.2. The van der Waals surface area contributed by atoms with Crippen molar-refractivity contribution in [3.8, 4) is 17.6 Å². The van der Waals surface area contributed by atoms with Crippen LogP contribution in [0.1, 0.15) is 5.56 Å². The standard InChI is InChI=1S/C21H15N5O4S/c22-12-13-4-3-5-17(8-13)31(29,30)26-21-20(23-14-9-15(27)11-16(28)10-14)24-18-6-1-2-7-19(18)25-21/h1-11,27-28H,(H,23,24)(H,25,26). The summed E-state index contributed by atoms with van der Waals surface area (Å²) in [6, 6.07) is 18.2. The number of nitrogens with zero attached hydrogens (tertiary/aromatic N) is 3. The van der Waals surface area contributed by atoms with Gasteiger partial charge in [-0.15, -0.1) is 0 Å². The molecule has 0 aliphatic carbocycles. The first-order valence-electron chi connectivity index (χ1n) is 8.94. The molecule has 0 bridgehead atoms. The third-order valence-electron chi connectivity index (χ3n) is 4.24. The van der Waals surface area contributed by atoms with Gasteiger partial charge in [-0.25, -0.2) is 18.4 Å². The molecule has 9 nitrogen and oxygen atoms in total. The Hall–Kier alpha value is -4.36. The van der Waals surface area contributed by atoms with Gasteiger partial charge in [-0.1, -0.05) is 18.2 Å². The van der Waals surface area contributed by atoms with Gasteiger partial charge in [-0.2, -0.15) is 5.26 Å². The van der Waals surface area contributed by atoms with Crippen LogP contribution in [0.25, 0.3) is 11.0 Å². The molecular weight excluding hydrogens is 418 g/mol. The zero-order chi connectivity index (χ0) is 22.0. The molecule has 4 N–H and O–H groups in total. The van der Waals surface area contributed by atoms with E-state index in [1.54, 1.807) is 24.3 Å². The number of hydrogen-bond acceptors (Lipinski definition) is 8. The highest BCUT2D eigenvalue weighted by molar-refractivity contribution is 7.92. The van der Waals surface area contributed by atoms with E-state index in [1.165, 1.54) is 36.4 Å². The average molecular weight is 433 g/mol. The van der Waals surface area contributed by atoms with Gasteiger partial charge in [0.05, 0.1) is 27.6 Å². The first kappa shape index (κ1) is 19.9. The summed E-state index contributed by atoms with van der Waals surface area (Å²) in [6.07, 6.45) is 0. The molecule has 4 aromatic rings. The molecule has 3 aromatic carbocycles. The topological polar surface area (TPSA) is 148 Å². The molecule has 31 heavy (non-hydrogen) atoms. The van der Waals surface area contributed by atoms with Crippen molar-refractivity contribution < 1.29 is 18.6 Å². The zero-order valence-electron chi connectivity index (χ0n) is 15.8. The normalized spacial score (nSPS) is 11.1. The van der Waals surface area contributed by atoms with E-state index in [9.17, 15) is 18.6 Å². The molecule has 10 heteroatoms. The number of phenols is 2. The van der Waals surface area contributed by atoms with Crippen molar-refractivity contribution in [2.24, 2.45) is 0 Å². The monoisotopic (exact) mass is 433 g/mol. The van der Waals surface area contributed by atoms with Crippen LogP contribution in [-0.4, -0.2) is 28.6 Å². The molecular formula is C21H15N5O4S. The predicted molar refractivity (Wildman–Crippen MR) is 115 cm³/mol. The Morgan fingerprint density at radius 3 is 2.13 bits per heavy atom. The number of benzene rings is 3. The first-order valence-corrected chi connectivity index (χ1v) is 10.4. The van der Waals surface area contributed by atoms with E-state index in [0.717, 1.165) is 6.07 Å². The summed E-state index contributed by atoms with van der Waals surface area (Å²) in [6.45, 7) is 0. The van der Waals surface area contributed by atoms with Gasteiger partial charge in [-0.05, 0) is 30.3 Å². The van der Waals surface area contributed by atoms with Crippen LogP contribution in [0, 0.1) is 11.3 Å². The maximum absolute atomic E-state index is 12.9. The maximum Gasteiger partial charge on any atom is 0.263 e. The fourth-order valence-electron chi connectivity index (χ4n) is 2.88. The number of hydrogen-bond donors (Lipinski definition) is 4. The minimum atomic E-state index is -4.09. The van der Waals surface area contributed by atoms with Gasteiger partial charge in [0.25, 0.3) is 10.0 Å². The van der Waals surface area contributed by atoms with Gasteiger partial charge >= 0.3 is 0 Å². The molecule has 0 saturated carbocycles. The summed E-state index contributed by atoms with van der Waals surface area (Å²) in [5.74, 6) is -0.411. The summed E-state index contributed by atoms with van der Waals surface area (Å²) in [7, 11) is -4.09. The maximum atomic E-state index is 12.9. The van der Waals surface area contributed by atoms with E-state index < -0.39 is 10.0 Å². The van der Waals surface area contributed by atoms with Crippen molar-refractivity contribution in [3.05, 3.63) is 72.3 Å². The van der Waals surface area contributed by atoms with Crippen LogP contribution in [0.5, 0.6) is 11.5 Å². The van der Waals surface area contributed by atoms with Gasteiger partial charge in [0.2, 0.25) is 0 Å². The quantitative estimate of drug-likeness (QED) is 0.374. The number of nitrogens with one attached hydrogen (secondary N) is 2. The highest BCUT2D eigenvalue weighted by Crippen LogP contribution is 2.30. The lowest BCUT2D eigenvalue weighted by Crippen LogP contribution is -2.16. The van der Waals surface area contributed by atoms with Crippen LogP contribution < -0.4 is 10.0 Å². The zero-order valence-corrected chi connectivity index (χ0v) is 16.6. The van der Waals surface area contributed by atoms with Crippen LogP contribution in [0.2, 0.25) is 0 Å². The Balaban J connectivity index is 1.80. The Bertz CT molecular complexity index is 1430. The minimum absolute atomic E-state index is 0.0590. The summed E-state index contributed by atoms with van der Waals surface area (Å²) >= 11 is 0. The number of anilines is 3. The van der Waals surface area contributed by atoms with Crippen LogP contribution in [-0.2, 0) is 10.0 Å². The SMILES string of the molecule is N#Cc1cccc(S(=O)(=O)Nc2nc3ccccc3nc2Nc2cc(O)cc(O)c2)c1. The van der Waals surface area contributed by atoms with Crippen LogP contribution >= 0.6 is 0 Å². The Morgan fingerprint density at radius 2 is 1.48 bits per heavy atom. The summed E-state index contributed by atoms with van der Waals surface area (Å²) in [5.41, 5.74) is 1.43. The van der Waals surface area contributed by atoms with Crippen LogP contribution in [0.15, 0.2) is 71.6 Å². The molecule has 4 rings (SSSR count). The fourth-order valence-corrected chi connectivity index (χ4v) is 3.94. The van der Waals surface area contributed by atoms with Crippen molar-refractivity contribution in [2.45, 2.75) is 4.90 Å². The molecule has 0 fully saturated rings. The fraction of sp³-hybridized carbons (Fsp3) is 0. The lowest BCUT2D eigenvalue weighted by molar-refractivity contribution is 0.451. The lowest BCUT2D eigenvalue weighted by Gasteiger charge is -2.14. The summed E-state index contributed by atoms with van der Waals surface area (Å²) in [4.78, 5) is 8.68. The number of phenolic OH excluding ortho intramolecular Hbond substituents is 2. The Morgan fingerprint density at radius 1 is 0.839 bits per heavy atom. The van der Waals surface area contributed by atoms with Crippen molar-refractivity contribution in [1.82, 2.24) is 9.97 Å². The predicted octanol–water partition coefficient (Wildman–Crippen LogP) is 3.46. The molecule has 1 heterocycles. The van der Waals surface area contributed by atoms with Crippen molar-refractivity contribution in [2.75, 3.05) is 10.0 Å². The van der Waals surface area contributed by atoms with E-state index in [4.69, 9.17) is 5.26 Å². The van der Waals surface area contributed by atoms with Gasteiger partial charge in [-0.3, -0.25) is 4.72 Å². The minimum Gasteiger partial charge on any atom is -0.508 e. The number of aromatic hydroxyl groups is 2. The molecule has 0 radical (unpaired) electrons. The van der Waals surface area contributed by atoms with E-state index >= 15 is 0 Å². The molecule has 0 atom stereocenters. The molecule has 0 aliphatic heterocycles. The number of fused-ring (bicyclic) bond motifs is 1. The van der Waals surface area contributed by atoms with E-state index in [2.05, 4.69) is 20.0 Å². The molecule has 0 aliphatic rings. The smallest absolute Gasteiger partial charge is 0.263 e. The molecule has 154 valence electrons. The largest absolute Gasteiger partial charge is 0.508 e. The van der Waals surface area contributed by atoms with Crippen molar-refractivity contribution in [1.29, 1.82) is 5.26 Å². The van der Waals surface area contributed by atoms with Crippen LogP contribution in [0.3, 0.4) is 0 Å². The second-order valence-electron chi connectivity index (χ2n) is 6.52. The molecule has 0 unspecified atom stereocenters. The molecule has 0 spiro atoms. The number of sulfonamides is 1. The Kier molecular flexibility index (Phi) is 5.02. The van der Waals surface area contributed by atoms with Crippen LogP contribution in [0.4, 0.5) is 17.3 Å². The third-order valence-corrected chi connectivity index (χ3v) is 5.58. The average Bonchev–Trinajstić information content (AvgIpc) is 2.73. The Labute approximate surface area is 177 Å². The number of rotatable bonds is 5. The highest BCUT2D eigenvalue weighted by atomic mass is 32.2. The second kappa shape index (κ2) is 7.81. The van der Waals surface area contributed by atoms with Gasteiger partial charge < -0.3 is 15.5 Å². The third kappa shape index (κ3) is 4.31. The highest BCUT2D eigenvalue weighted by Gasteiger charge is 2.19. The first-order chi connectivity index (χ1) is 14.8. The van der Waals surface area contributed by atoms with Gasteiger partial charge in [0, 0.05) is 23.9 Å². The van der Waals surface area contributed by atoms with Crippen molar-refractivity contribution >= 4 is 38.4 Å².